The van der Waals surface area contributed by atoms with E-state index in [1.807, 2.05) is 13.0 Å². The molecular formula is C13H25N5. The fourth-order valence-corrected chi connectivity index (χ4v) is 1.67. The van der Waals surface area contributed by atoms with Gasteiger partial charge in [0.2, 0.25) is 0 Å². The van der Waals surface area contributed by atoms with E-state index in [2.05, 4.69) is 34.2 Å². The number of hydrogen-bond acceptors (Lipinski definition) is 5. The number of rotatable bonds is 8. The van der Waals surface area contributed by atoms with Crippen molar-refractivity contribution in [2.24, 2.45) is 5.73 Å². The maximum atomic E-state index is 5.47. The van der Waals surface area contributed by atoms with E-state index in [4.69, 9.17) is 5.73 Å². The summed E-state index contributed by atoms with van der Waals surface area (Å²) in [7, 11) is 2.07. The summed E-state index contributed by atoms with van der Waals surface area (Å²) >= 11 is 0. The Hall–Kier alpha value is -1.36. The second kappa shape index (κ2) is 7.87. The van der Waals surface area contributed by atoms with Crippen molar-refractivity contribution in [3.63, 3.8) is 0 Å². The molecule has 0 aliphatic rings. The lowest BCUT2D eigenvalue weighted by Gasteiger charge is -2.19. The van der Waals surface area contributed by atoms with Crippen molar-refractivity contribution in [2.45, 2.75) is 33.1 Å². The molecule has 0 aromatic carbocycles. The molecule has 0 bridgehead atoms. The van der Waals surface area contributed by atoms with Gasteiger partial charge in [-0.05, 0) is 26.3 Å². The molecule has 1 heterocycles. The molecule has 5 heteroatoms. The Labute approximate surface area is 110 Å². The molecule has 1 aromatic heterocycles. The number of nitrogens with zero attached hydrogens (tertiary/aromatic N) is 3. The highest BCUT2D eigenvalue weighted by atomic mass is 15.2. The van der Waals surface area contributed by atoms with E-state index in [1.165, 1.54) is 12.8 Å². The van der Waals surface area contributed by atoms with E-state index < -0.39 is 0 Å². The highest BCUT2D eigenvalue weighted by molar-refractivity contribution is 5.48. The zero-order chi connectivity index (χ0) is 13.4. The molecular weight excluding hydrogens is 226 g/mol. The molecule has 0 amide bonds. The first-order valence-corrected chi connectivity index (χ1v) is 6.68. The highest BCUT2D eigenvalue weighted by Gasteiger charge is 2.05. The van der Waals surface area contributed by atoms with Crippen LogP contribution in [0, 0.1) is 6.92 Å². The van der Waals surface area contributed by atoms with Gasteiger partial charge in [-0.2, -0.15) is 0 Å². The molecule has 0 fully saturated rings. The minimum absolute atomic E-state index is 0.695. The molecule has 3 N–H and O–H groups in total. The Morgan fingerprint density at radius 1 is 1.33 bits per heavy atom. The Morgan fingerprint density at radius 2 is 2.11 bits per heavy atom. The lowest BCUT2D eigenvalue weighted by atomic mass is 10.3. The summed E-state index contributed by atoms with van der Waals surface area (Å²) in [6.07, 6.45) is 3.32. The fraction of sp³-hybridized carbons (Fsp3) is 0.692. The van der Waals surface area contributed by atoms with Gasteiger partial charge in [0.1, 0.15) is 17.5 Å². The van der Waals surface area contributed by atoms with Crippen molar-refractivity contribution >= 4 is 11.6 Å². The van der Waals surface area contributed by atoms with Gasteiger partial charge in [0.25, 0.3) is 0 Å². The van der Waals surface area contributed by atoms with Crippen molar-refractivity contribution in [1.29, 1.82) is 0 Å². The standard InChI is InChI=1S/C13H25N5/c1-4-5-9-18(3)13-10-12(15-8-6-7-14)16-11(2)17-13/h10H,4-9,14H2,1-3H3,(H,15,16,17). The van der Waals surface area contributed by atoms with Gasteiger partial charge >= 0.3 is 0 Å². The average Bonchev–Trinajstić information content (AvgIpc) is 2.35. The van der Waals surface area contributed by atoms with Crippen LogP contribution >= 0.6 is 0 Å². The van der Waals surface area contributed by atoms with Crippen LogP contribution in [0.25, 0.3) is 0 Å². The monoisotopic (exact) mass is 251 g/mol. The van der Waals surface area contributed by atoms with Crippen LogP contribution in [0.1, 0.15) is 32.0 Å². The topological polar surface area (TPSA) is 67.1 Å². The summed E-state index contributed by atoms with van der Waals surface area (Å²) in [5.74, 6) is 2.66. The lowest BCUT2D eigenvalue weighted by molar-refractivity contribution is 0.756. The second-order valence-electron chi connectivity index (χ2n) is 4.50. The molecule has 0 aliphatic carbocycles. The molecule has 102 valence electrons. The van der Waals surface area contributed by atoms with Crippen molar-refractivity contribution in [3.05, 3.63) is 11.9 Å². The van der Waals surface area contributed by atoms with Crippen LogP contribution in [0.4, 0.5) is 11.6 Å². The van der Waals surface area contributed by atoms with Crippen molar-refractivity contribution in [3.8, 4) is 0 Å². The van der Waals surface area contributed by atoms with Crippen LogP contribution in [0.5, 0.6) is 0 Å². The summed E-state index contributed by atoms with van der Waals surface area (Å²) in [6, 6.07) is 2.00. The zero-order valence-corrected chi connectivity index (χ0v) is 11.7. The van der Waals surface area contributed by atoms with E-state index >= 15 is 0 Å². The first-order chi connectivity index (χ1) is 8.67. The van der Waals surface area contributed by atoms with Crippen molar-refractivity contribution in [1.82, 2.24) is 9.97 Å². The summed E-state index contributed by atoms with van der Waals surface area (Å²) in [6.45, 7) is 6.69. The Balaban J connectivity index is 2.67. The molecule has 1 aromatic rings. The summed E-state index contributed by atoms with van der Waals surface area (Å²) in [5, 5.41) is 3.28. The summed E-state index contributed by atoms with van der Waals surface area (Å²) in [4.78, 5) is 11.0. The Kier molecular flexibility index (Phi) is 6.43. The van der Waals surface area contributed by atoms with E-state index in [0.717, 1.165) is 37.0 Å². The lowest BCUT2D eigenvalue weighted by Crippen LogP contribution is -2.20. The molecule has 1 rings (SSSR count). The number of nitrogens with two attached hydrogens (primary N) is 1. The fourth-order valence-electron chi connectivity index (χ4n) is 1.67. The van der Waals surface area contributed by atoms with Crippen LogP contribution in [0.15, 0.2) is 6.07 Å². The number of anilines is 2. The number of unbranched alkanes of at least 4 members (excludes halogenated alkanes) is 1. The van der Waals surface area contributed by atoms with Gasteiger partial charge in [-0.1, -0.05) is 13.3 Å². The molecule has 0 spiro atoms. The third-order valence-corrected chi connectivity index (χ3v) is 2.75. The van der Waals surface area contributed by atoms with Gasteiger partial charge in [0.15, 0.2) is 0 Å². The van der Waals surface area contributed by atoms with E-state index in [9.17, 15) is 0 Å². The van der Waals surface area contributed by atoms with Gasteiger partial charge in [-0.3, -0.25) is 0 Å². The zero-order valence-electron chi connectivity index (χ0n) is 11.7. The predicted molar refractivity (Wildman–Crippen MR) is 77.1 cm³/mol. The minimum atomic E-state index is 0.695. The second-order valence-corrected chi connectivity index (χ2v) is 4.50. The normalized spacial score (nSPS) is 10.4. The first-order valence-electron chi connectivity index (χ1n) is 6.68. The van der Waals surface area contributed by atoms with Crippen molar-refractivity contribution < 1.29 is 0 Å². The molecule has 0 saturated heterocycles. The van der Waals surface area contributed by atoms with Gasteiger partial charge in [0.05, 0.1) is 0 Å². The van der Waals surface area contributed by atoms with Crippen molar-refractivity contribution in [2.75, 3.05) is 36.9 Å². The van der Waals surface area contributed by atoms with Gasteiger partial charge in [-0.25, -0.2) is 9.97 Å². The average molecular weight is 251 g/mol. The number of hydrogen-bond donors (Lipinski definition) is 2. The number of aryl methyl sites for hydroxylation is 1. The minimum Gasteiger partial charge on any atom is -0.370 e. The Bertz CT molecular complexity index is 353. The van der Waals surface area contributed by atoms with Crippen LogP contribution in [-0.4, -0.2) is 36.6 Å². The van der Waals surface area contributed by atoms with Crippen LogP contribution in [0.2, 0.25) is 0 Å². The predicted octanol–water partition coefficient (Wildman–Crippen LogP) is 1.78. The number of nitrogens with one attached hydrogen (secondary N) is 1. The van der Waals surface area contributed by atoms with Crippen LogP contribution in [-0.2, 0) is 0 Å². The largest absolute Gasteiger partial charge is 0.370 e. The SMILES string of the molecule is CCCCN(C)c1cc(NCCCN)nc(C)n1. The van der Waals surface area contributed by atoms with Crippen LogP contribution in [0.3, 0.4) is 0 Å². The molecule has 0 radical (unpaired) electrons. The third kappa shape index (κ3) is 4.87. The maximum Gasteiger partial charge on any atom is 0.134 e. The van der Waals surface area contributed by atoms with E-state index in [1.54, 1.807) is 0 Å². The molecule has 5 nitrogen and oxygen atoms in total. The molecule has 18 heavy (non-hydrogen) atoms. The van der Waals surface area contributed by atoms with Gasteiger partial charge < -0.3 is 16.0 Å². The highest BCUT2D eigenvalue weighted by Crippen LogP contribution is 2.15. The number of aromatic nitrogens is 2. The quantitative estimate of drug-likeness (QED) is 0.689. The molecule has 0 atom stereocenters. The third-order valence-electron chi connectivity index (χ3n) is 2.75. The maximum absolute atomic E-state index is 5.47. The molecule has 0 aliphatic heterocycles. The molecule has 0 unspecified atom stereocenters. The molecule has 0 saturated carbocycles. The van der Waals surface area contributed by atoms with E-state index in [0.29, 0.717) is 6.54 Å². The smallest absolute Gasteiger partial charge is 0.134 e. The van der Waals surface area contributed by atoms with Gasteiger partial charge in [0, 0.05) is 26.2 Å². The van der Waals surface area contributed by atoms with Crippen LogP contribution < -0.4 is 16.0 Å². The summed E-state index contributed by atoms with van der Waals surface area (Å²) < 4.78 is 0. The Morgan fingerprint density at radius 3 is 2.78 bits per heavy atom. The first kappa shape index (κ1) is 14.7. The van der Waals surface area contributed by atoms with E-state index in [-0.39, 0.29) is 0 Å². The van der Waals surface area contributed by atoms with Gasteiger partial charge in [-0.15, -0.1) is 0 Å². The summed E-state index contributed by atoms with van der Waals surface area (Å²) in [5.41, 5.74) is 5.47.